The second-order valence-corrected chi connectivity index (χ2v) is 10.1. The number of aromatic nitrogens is 2. The van der Waals surface area contributed by atoms with Gasteiger partial charge in [-0.3, -0.25) is 4.79 Å². The predicted octanol–water partition coefficient (Wildman–Crippen LogP) is 4.13. The number of ether oxygens (including phenoxy) is 1. The molecule has 4 rings (SSSR count). The van der Waals surface area contributed by atoms with Gasteiger partial charge < -0.3 is 21.1 Å². The molecule has 0 bridgehead atoms. The second kappa shape index (κ2) is 10.7. The number of fused-ring (bicyclic) bond motifs is 1. The molecule has 0 saturated heterocycles. The van der Waals surface area contributed by atoms with E-state index in [-0.39, 0.29) is 11.9 Å². The van der Waals surface area contributed by atoms with Gasteiger partial charge >= 0.3 is 0 Å². The molecule has 188 valence electrons. The molecule has 8 nitrogen and oxygen atoms in total. The fraction of sp³-hybridized carbons (Fsp3) is 0.556. The van der Waals surface area contributed by atoms with Crippen LogP contribution in [0.25, 0.3) is 0 Å². The number of carbonyl (C=O) groups excluding carboxylic acids is 1. The summed E-state index contributed by atoms with van der Waals surface area (Å²) in [5.41, 5.74) is 9.06. The minimum absolute atomic E-state index is 0.0866. The number of benzene rings is 1. The zero-order chi connectivity index (χ0) is 25.0. The van der Waals surface area contributed by atoms with Gasteiger partial charge in [-0.15, -0.1) is 0 Å². The summed E-state index contributed by atoms with van der Waals surface area (Å²) in [4.78, 5) is 25.4. The normalized spacial score (nSPS) is 21.9. The molecule has 8 heteroatoms. The minimum atomic E-state index is -0.624. The lowest BCUT2D eigenvalue weighted by Gasteiger charge is -2.32. The Morgan fingerprint density at radius 2 is 1.86 bits per heavy atom. The van der Waals surface area contributed by atoms with Crippen molar-refractivity contribution in [3.8, 4) is 5.88 Å². The van der Waals surface area contributed by atoms with E-state index in [1.807, 2.05) is 27.7 Å². The van der Waals surface area contributed by atoms with Gasteiger partial charge in [-0.25, -0.2) is 9.98 Å². The van der Waals surface area contributed by atoms with Crippen molar-refractivity contribution in [1.29, 1.82) is 0 Å². The van der Waals surface area contributed by atoms with Crippen LogP contribution >= 0.6 is 0 Å². The SMILES string of the molecule is CCN[C@@H](CC)C(=O)NCC1CCC(c2ccc(C3=Nc4c(N)ncnc4OC3(C)C)cc2)CC1. The molecule has 0 unspecified atom stereocenters. The highest BCUT2D eigenvalue weighted by Crippen LogP contribution is 2.40. The second-order valence-electron chi connectivity index (χ2n) is 10.1. The molecule has 1 aliphatic carbocycles. The molecule has 1 aliphatic heterocycles. The number of rotatable bonds is 8. The van der Waals surface area contributed by atoms with E-state index in [0.717, 1.165) is 56.5 Å². The van der Waals surface area contributed by atoms with E-state index in [4.69, 9.17) is 15.5 Å². The third-order valence-corrected chi connectivity index (χ3v) is 7.21. The predicted molar refractivity (Wildman–Crippen MR) is 139 cm³/mol. The largest absolute Gasteiger partial charge is 0.463 e. The van der Waals surface area contributed by atoms with Crippen LogP contribution in [-0.2, 0) is 4.79 Å². The number of nitrogens with two attached hydrogens (primary N) is 1. The first-order valence-electron chi connectivity index (χ1n) is 12.8. The summed E-state index contributed by atoms with van der Waals surface area (Å²) in [5.74, 6) is 1.96. The summed E-state index contributed by atoms with van der Waals surface area (Å²) in [5, 5.41) is 6.41. The molecule has 1 fully saturated rings. The lowest BCUT2D eigenvalue weighted by atomic mass is 9.78. The molecule has 0 spiro atoms. The van der Waals surface area contributed by atoms with Gasteiger partial charge in [0.2, 0.25) is 11.8 Å². The first kappa shape index (κ1) is 25.1. The van der Waals surface area contributed by atoms with E-state index in [1.54, 1.807) is 0 Å². The van der Waals surface area contributed by atoms with Gasteiger partial charge in [0.1, 0.15) is 11.9 Å². The Hall–Kier alpha value is -3.00. The van der Waals surface area contributed by atoms with Crippen LogP contribution in [0.2, 0.25) is 0 Å². The fourth-order valence-electron chi connectivity index (χ4n) is 5.15. The van der Waals surface area contributed by atoms with Crippen LogP contribution in [0.4, 0.5) is 11.5 Å². The number of nitrogen functional groups attached to an aromatic ring is 1. The highest BCUT2D eigenvalue weighted by Gasteiger charge is 2.35. The Morgan fingerprint density at radius 1 is 1.14 bits per heavy atom. The summed E-state index contributed by atoms with van der Waals surface area (Å²) >= 11 is 0. The van der Waals surface area contributed by atoms with Gasteiger partial charge in [0.05, 0.1) is 11.8 Å². The summed E-state index contributed by atoms with van der Waals surface area (Å²) in [7, 11) is 0. The van der Waals surface area contributed by atoms with Crippen molar-refractivity contribution in [2.24, 2.45) is 10.9 Å². The molecule has 0 radical (unpaired) electrons. The lowest BCUT2D eigenvalue weighted by Crippen LogP contribution is -2.45. The van der Waals surface area contributed by atoms with Crippen LogP contribution in [0, 0.1) is 5.92 Å². The maximum absolute atomic E-state index is 12.4. The van der Waals surface area contributed by atoms with Gasteiger partial charge in [0.15, 0.2) is 11.5 Å². The number of hydrogen-bond donors (Lipinski definition) is 3. The van der Waals surface area contributed by atoms with Crippen LogP contribution in [0.1, 0.15) is 76.8 Å². The molecule has 2 aliphatic rings. The Kier molecular flexibility index (Phi) is 7.69. The zero-order valence-electron chi connectivity index (χ0n) is 21.3. The first-order chi connectivity index (χ1) is 16.8. The number of likely N-dealkylation sites (N-methyl/N-ethyl adjacent to an activating group) is 1. The van der Waals surface area contributed by atoms with E-state index in [9.17, 15) is 4.79 Å². The molecule has 2 aromatic rings. The van der Waals surface area contributed by atoms with Crippen LogP contribution < -0.4 is 21.1 Å². The van der Waals surface area contributed by atoms with Crippen molar-refractivity contribution >= 4 is 23.1 Å². The van der Waals surface area contributed by atoms with Crippen molar-refractivity contribution in [3.63, 3.8) is 0 Å². The van der Waals surface area contributed by atoms with Crippen LogP contribution in [0.15, 0.2) is 35.6 Å². The van der Waals surface area contributed by atoms with E-state index in [0.29, 0.717) is 29.2 Å². The Morgan fingerprint density at radius 3 is 2.51 bits per heavy atom. The summed E-state index contributed by atoms with van der Waals surface area (Å²) < 4.78 is 6.10. The van der Waals surface area contributed by atoms with Gasteiger partial charge in [0.25, 0.3) is 0 Å². The van der Waals surface area contributed by atoms with Crippen molar-refractivity contribution in [2.75, 3.05) is 18.8 Å². The van der Waals surface area contributed by atoms with E-state index < -0.39 is 5.60 Å². The summed E-state index contributed by atoms with van der Waals surface area (Å²) in [6.45, 7) is 9.63. The Balaban J connectivity index is 1.36. The number of nitrogens with one attached hydrogen (secondary N) is 2. The summed E-state index contributed by atoms with van der Waals surface area (Å²) in [6.07, 6.45) is 6.75. The average Bonchev–Trinajstić information content (AvgIpc) is 2.85. The molecule has 1 atom stereocenters. The van der Waals surface area contributed by atoms with Crippen molar-refractivity contribution in [2.45, 2.75) is 77.4 Å². The standard InChI is InChI=1S/C27H38N6O2/c1-5-21(29-6-2)25(34)30-15-17-7-9-18(10-8-17)19-11-13-20(14-12-19)23-27(3,4)35-26-22(33-23)24(28)31-16-32-26/h11-14,16-18,21,29H,5-10,15H2,1-4H3,(H,30,34)(H2,28,31,32)/t17?,18?,21-/m0/s1. The van der Waals surface area contributed by atoms with Crippen LogP contribution in [0.5, 0.6) is 5.88 Å². The molecule has 1 saturated carbocycles. The molecule has 1 aromatic heterocycles. The number of anilines is 1. The third kappa shape index (κ3) is 5.64. The smallest absolute Gasteiger partial charge is 0.246 e. The first-order valence-corrected chi connectivity index (χ1v) is 12.8. The highest BCUT2D eigenvalue weighted by molar-refractivity contribution is 6.09. The van der Waals surface area contributed by atoms with Crippen molar-refractivity contribution in [1.82, 2.24) is 20.6 Å². The molecule has 35 heavy (non-hydrogen) atoms. The van der Waals surface area contributed by atoms with Crippen molar-refractivity contribution < 1.29 is 9.53 Å². The monoisotopic (exact) mass is 478 g/mol. The lowest BCUT2D eigenvalue weighted by molar-refractivity contribution is -0.123. The Bertz CT molecular complexity index is 1060. The number of hydrogen-bond acceptors (Lipinski definition) is 7. The quantitative estimate of drug-likeness (QED) is 0.526. The molecule has 1 aromatic carbocycles. The summed E-state index contributed by atoms with van der Waals surface area (Å²) in [6, 6.07) is 8.59. The topological polar surface area (TPSA) is 115 Å². The number of amides is 1. The van der Waals surface area contributed by atoms with Crippen LogP contribution in [0.3, 0.4) is 0 Å². The van der Waals surface area contributed by atoms with E-state index in [2.05, 4.69) is 44.9 Å². The molecular formula is C27H38N6O2. The van der Waals surface area contributed by atoms with Gasteiger partial charge in [0, 0.05) is 12.1 Å². The molecule has 4 N–H and O–H groups in total. The maximum Gasteiger partial charge on any atom is 0.246 e. The van der Waals surface area contributed by atoms with Crippen LogP contribution in [-0.4, -0.2) is 46.3 Å². The zero-order valence-corrected chi connectivity index (χ0v) is 21.3. The molecule has 1 amide bonds. The number of carbonyl (C=O) groups is 1. The van der Waals surface area contributed by atoms with Crippen molar-refractivity contribution in [3.05, 3.63) is 41.7 Å². The number of nitrogens with zero attached hydrogens (tertiary/aromatic N) is 3. The minimum Gasteiger partial charge on any atom is -0.463 e. The highest BCUT2D eigenvalue weighted by atomic mass is 16.5. The van der Waals surface area contributed by atoms with Gasteiger partial charge in [-0.1, -0.05) is 38.1 Å². The third-order valence-electron chi connectivity index (χ3n) is 7.21. The number of aliphatic imine (C=N–C) groups is 1. The van der Waals surface area contributed by atoms with E-state index >= 15 is 0 Å². The molecular weight excluding hydrogens is 440 g/mol. The Labute approximate surface area is 208 Å². The average molecular weight is 479 g/mol. The molecule has 2 heterocycles. The maximum atomic E-state index is 12.4. The fourth-order valence-corrected chi connectivity index (χ4v) is 5.15. The van der Waals surface area contributed by atoms with E-state index in [1.165, 1.54) is 11.9 Å². The van der Waals surface area contributed by atoms with Gasteiger partial charge in [-0.05, 0) is 69.9 Å². The van der Waals surface area contributed by atoms with Gasteiger partial charge in [-0.2, -0.15) is 4.98 Å².